The highest BCUT2D eigenvalue weighted by molar-refractivity contribution is 6.34. The lowest BCUT2D eigenvalue weighted by molar-refractivity contribution is 0.0695. The second kappa shape index (κ2) is 11.6. The Morgan fingerprint density at radius 1 is 1.14 bits per heavy atom. The fraction of sp³-hybridized carbons (Fsp3) is 0.375. The Bertz CT molecular complexity index is 1790. The molecule has 3 aromatic heterocycles. The molecule has 5 heterocycles. The predicted molar refractivity (Wildman–Crippen MR) is 173 cm³/mol. The molecule has 2 aliphatic rings. The fourth-order valence-corrected chi connectivity index (χ4v) is 6.44. The van der Waals surface area contributed by atoms with Crippen molar-refractivity contribution in [3.63, 3.8) is 0 Å². The van der Waals surface area contributed by atoms with Gasteiger partial charge in [-0.1, -0.05) is 37.0 Å². The Labute approximate surface area is 265 Å². The van der Waals surface area contributed by atoms with Gasteiger partial charge in [0.25, 0.3) is 0 Å². The van der Waals surface area contributed by atoms with Crippen molar-refractivity contribution < 1.29 is 14.6 Å². The summed E-state index contributed by atoms with van der Waals surface area (Å²) in [6.07, 6.45) is 5.58. The van der Waals surface area contributed by atoms with Crippen molar-refractivity contribution >= 4 is 51.6 Å². The van der Waals surface area contributed by atoms with Crippen molar-refractivity contribution in [2.45, 2.75) is 32.4 Å². The molecule has 44 heavy (non-hydrogen) atoms. The van der Waals surface area contributed by atoms with Gasteiger partial charge in [0.05, 0.1) is 34.2 Å². The summed E-state index contributed by atoms with van der Waals surface area (Å²) in [7, 11) is 4.13. The van der Waals surface area contributed by atoms with Gasteiger partial charge in [0.2, 0.25) is 11.3 Å². The summed E-state index contributed by atoms with van der Waals surface area (Å²) in [6, 6.07) is 11.1. The van der Waals surface area contributed by atoms with E-state index in [-0.39, 0.29) is 22.4 Å². The molecule has 0 aliphatic carbocycles. The Morgan fingerprint density at radius 2 is 1.91 bits per heavy atom. The lowest BCUT2D eigenvalue weighted by atomic mass is 9.85. The summed E-state index contributed by atoms with van der Waals surface area (Å²) < 4.78 is 7.79. The lowest BCUT2D eigenvalue weighted by Gasteiger charge is -2.43. The van der Waals surface area contributed by atoms with Crippen LogP contribution in [0.3, 0.4) is 0 Å². The van der Waals surface area contributed by atoms with E-state index in [0.717, 1.165) is 31.0 Å². The second-order valence-electron chi connectivity index (χ2n) is 12.3. The summed E-state index contributed by atoms with van der Waals surface area (Å²) in [5.41, 5.74) is 0.815. The van der Waals surface area contributed by atoms with Crippen LogP contribution >= 0.6 is 23.2 Å². The van der Waals surface area contributed by atoms with Crippen LogP contribution in [0, 0.1) is 5.41 Å². The zero-order chi connectivity index (χ0) is 31.3. The number of rotatable bonds is 8. The van der Waals surface area contributed by atoms with E-state index >= 15 is 0 Å². The van der Waals surface area contributed by atoms with Crippen LogP contribution in [-0.4, -0.2) is 82.9 Å². The summed E-state index contributed by atoms with van der Waals surface area (Å²) in [6.45, 7) is 7.15. The van der Waals surface area contributed by atoms with Crippen molar-refractivity contribution in [3.8, 4) is 11.6 Å². The number of anilines is 2. The molecule has 10 nitrogen and oxygen atoms in total. The number of carbonyl (C=O) groups is 1. The minimum atomic E-state index is -1.31. The predicted octanol–water partition coefficient (Wildman–Crippen LogP) is 5.22. The minimum Gasteiger partial charge on any atom is -0.477 e. The van der Waals surface area contributed by atoms with Gasteiger partial charge < -0.3 is 29.1 Å². The van der Waals surface area contributed by atoms with Crippen LogP contribution < -0.4 is 20.0 Å². The van der Waals surface area contributed by atoms with Gasteiger partial charge in [0.15, 0.2) is 0 Å². The van der Waals surface area contributed by atoms with E-state index in [2.05, 4.69) is 52.6 Å². The number of nitrogens with zero attached hydrogens (tertiary/aromatic N) is 6. The highest BCUT2D eigenvalue weighted by Crippen LogP contribution is 2.43. The van der Waals surface area contributed by atoms with Gasteiger partial charge in [0.1, 0.15) is 23.0 Å². The first-order valence-electron chi connectivity index (χ1n) is 14.4. The number of fused-ring (bicyclic) bond motifs is 1. The van der Waals surface area contributed by atoms with Gasteiger partial charge in [-0.3, -0.25) is 4.79 Å². The minimum absolute atomic E-state index is 0.0857. The molecular formula is C32H34Cl2N6O4. The monoisotopic (exact) mass is 636 g/mol. The summed E-state index contributed by atoms with van der Waals surface area (Å²) in [5.74, 6) is -0.102. The van der Waals surface area contributed by atoms with Crippen molar-refractivity contribution in [3.05, 3.63) is 80.8 Å². The quantitative estimate of drug-likeness (QED) is 0.279. The van der Waals surface area contributed by atoms with E-state index in [0.29, 0.717) is 46.3 Å². The molecule has 0 bridgehead atoms. The number of benzene rings is 1. The highest BCUT2D eigenvalue weighted by Gasteiger charge is 2.42. The van der Waals surface area contributed by atoms with Crippen LogP contribution in [0.15, 0.2) is 59.8 Å². The van der Waals surface area contributed by atoms with Crippen LogP contribution in [0.4, 0.5) is 11.5 Å². The number of hydrogen-bond acceptors (Lipinski definition) is 8. The first-order chi connectivity index (χ1) is 20.9. The number of carboxylic acids is 1. The second-order valence-corrected chi connectivity index (χ2v) is 13.1. The number of aromatic nitrogens is 3. The first-order valence-corrected chi connectivity index (χ1v) is 15.2. The van der Waals surface area contributed by atoms with Crippen LogP contribution in [0.2, 0.25) is 10.0 Å². The molecule has 2 fully saturated rings. The SMILES string of the molecule is CN(C)C1CN(c2ccc(-n3cc(C(=O)O)c(=O)c4cc(Cl)c(N5CCC(C)(C)C5COc5ncccc5Cl)cc43)cn2)C1. The van der Waals surface area contributed by atoms with Gasteiger partial charge in [0, 0.05) is 43.5 Å². The maximum absolute atomic E-state index is 13.3. The molecule has 1 N–H and O–H groups in total. The maximum atomic E-state index is 13.3. The molecule has 0 radical (unpaired) electrons. The Kier molecular flexibility index (Phi) is 7.94. The summed E-state index contributed by atoms with van der Waals surface area (Å²) in [5, 5.41) is 10.9. The summed E-state index contributed by atoms with van der Waals surface area (Å²) >= 11 is 13.2. The van der Waals surface area contributed by atoms with Gasteiger partial charge >= 0.3 is 5.97 Å². The average molecular weight is 638 g/mol. The third-order valence-electron chi connectivity index (χ3n) is 8.92. The smallest absolute Gasteiger partial charge is 0.341 e. The van der Waals surface area contributed by atoms with Crippen molar-refractivity contribution in [1.82, 2.24) is 19.4 Å². The number of halogens is 2. The Hall–Kier alpha value is -3.86. The average Bonchev–Trinajstić information content (AvgIpc) is 3.25. The van der Waals surface area contributed by atoms with E-state index in [4.69, 9.17) is 27.9 Å². The zero-order valence-electron chi connectivity index (χ0n) is 25.0. The van der Waals surface area contributed by atoms with Crippen LogP contribution in [0.25, 0.3) is 16.6 Å². The largest absolute Gasteiger partial charge is 0.477 e. The third kappa shape index (κ3) is 5.46. The van der Waals surface area contributed by atoms with E-state index in [1.807, 2.05) is 18.2 Å². The molecule has 6 rings (SSSR count). The molecule has 0 spiro atoms. The number of pyridine rings is 3. The maximum Gasteiger partial charge on any atom is 0.341 e. The van der Waals surface area contributed by atoms with Gasteiger partial charge in [-0.15, -0.1) is 0 Å². The Morgan fingerprint density at radius 3 is 2.57 bits per heavy atom. The molecular weight excluding hydrogens is 603 g/mol. The number of ether oxygens (including phenoxy) is 1. The molecule has 12 heteroatoms. The molecule has 1 atom stereocenters. The van der Waals surface area contributed by atoms with E-state index < -0.39 is 11.4 Å². The number of hydrogen-bond donors (Lipinski definition) is 1. The molecule has 2 aliphatic heterocycles. The Balaban J connectivity index is 1.40. The van der Waals surface area contributed by atoms with E-state index in [9.17, 15) is 14.7 Å². The molecule has 2 saturated heterocycles. The number of carboxylic acid groups (broad SMARTS) is 1. The third-order valence-corrected chi connectivity index (χ3v) is 9.51. The molecule has 0 amide bonds. The van der Waals surface area contributed by atoms with Crippen molar-refractivity contribution in [1.29, 1.82) is 0 Å². The molecule has 1 aromatic carbocycles. The standard InChI is InChI=1S/C32H34Cl2N6O4/c1-32(2)9-11-39(27(32)18-44-30-23(33)6-5-10-35-30)26-13-25-21(12-24(26)34)29(41)22(31(42)43)17-40(25)19-7-8-28(36-14-19)38-15-20(16-38)37(3)4/h5-8,10,12-14,17,20,27H,9,11,15-16,18H2,1-4H3,(H,42,43). The lowest BCUT2D eigenvalue weighted by Crippen LogP contribution is -2.57. The van der Waals surface area contributed by atoms with Gasteiger partial charge in [-0.2, -0.15) is 0 Å². The van der Waals surface area contributed by atoms with Crippen molar-refractivity contribution in [2.24, 2.45) is 5.41 Å². The van der Waals surface area contributed by atoms with E-state index in [1.165, 1.54) is 6.20 Å². The normalized spacial score (nSPS) is 18.2. The van der Waals surface area contributed by atoms with Crippen LogP contribution in [0.1, 0.15) is 30.6 Å². The van der Waals surface area contributed by atoms with Crippen molar-refractivity contribution in [2.75, 3.05) is 50.1 Å². The van der Waals surface area contributed by atoms with Gasteiger partial charge in [-0.25, -0.2) is 14.8 Å². The fourth-order valence-electron chi connectivity index (χ4n) is 5.99. The molecule has 230 valence electrons. The molecule has 1 unspecified atom stereocenters. The molecule has 0 saturated carbocycles. The van der Waals surface area contributed by atoms with E-state index in [1.54, 1.807) is 35.2 Å². The van der Waals surface area contributed by atoms with Crippen LogP contribution in [0.5, 0.6) is 5.88 Å². The highest BCUT2D eigenvalue weighted by atomic mass is 35.5. The summed E-state index contributed by atoms with van der Waals surface area (Å²) in [4.78, 5) is 40.9. The number of likely N-dealkylation sites (N-methyl/N-ethyl adjacent to an activating group) is 1. The van der Waals surface area contributed by atoms with Gasteiger partial charge in [-0.05, 0) is 62.3 Å². The molecule has 4 aromatic rings. The zero-order valence-corrected chi connectivity index (χ0v) is 26.5. The first kappa shape index (κ1) is 30.2. The topological polar surface area (TPSA) is 104 Å². The van der Waals surface area contributed by atoms with Crippen LogP contribution in [-0.2, 0) is 0 Å². The number of aromatic carboxylic acids is 1.